The predicted octanol–water partition coefficient (Wildman–Crippen LogP) is 3.96. The van der Waals surface area contributed by atoms with Gasteiger partial charge in [-0.05, 0) is 36.1 Å². The Morgan fingerprint density at radius 2 is 2.11 bits per heavy atom. The number of aromatic nitrogens is 1. The minimum absolute atomic E-state index is 0.234. The summed E-state index contributed by atoms with van der Waals surface area (Å²) in [5.74, 6) is -0.0178. The third kappa shape index (κ3) is 2.50. The number of hydrogen-bond acceptors (Lipinski definition) is 1. The van der Waals surface area contributed by atoms with Crippen LogP contribution in [-0.2, 0) is 13.0 Å². The molecule has 0 N–H and O–H groups in total. The number of fused-ring (bicyclic) bond motifs is 1. The van der Waals surface area contributed by atoms with Crippen molar-refractivity contribution in [3.63, 3.8) is 0 Å². The van der Waals surface area contributed by atoms with Crippen molar-refractivity contribution in [1.82, 2.24) is 4.57 Å². The van der Waals surface area contributed by atoms with Crippen molar-refractivity contribution in [2.24, 2.45) is 0 Å². The van der Waals surface area contributed by atoms with Gasteiger partial charge >= 0.3 is 0 Å². The number of carbonyl (C=O) groups is 1. The van der Waals surface area contributed by atoms with Crippen molar-refractivity contribution in [2.75, 3.05) is 0 Å². The summed E-state index contributed by atoms with van der Waals surface area (Å²) in [7, 11) is 0. The first kappa shape index (κ1) is 12.6. The Bertz CT molecular complexity index is 648. The Balaban J connectivity index is 1.89. The Labute approximate surface area is 119 Å². The second kappa shape index (κ2) is 4.93. The Morgan fingerprint density at radius 3 is 2.84 bits per heavy atom. The van der Waals surface area contributed by atoms with Crippen molar-refractivity contribution in [1.29, 1.82) is 0 Å². The zero-order chi connectivity index (χ0) is 13.4. The number of hydrogen-bond donors (Lipinski definition) is 0. The van der Waals surface area contributed by atoms with Crippen LogP contribution < -0.4 is 0 Å². The van der Waals surface area contributed by atoms with Crippen LogP contribution in [0.4, 0.5) is 4.39 Å². The standard InChI is InChI=1S/C15H13BrFNO/c16-14-6-12(17)5-4-11(14)8-18-7-10-2-1-3-15(19)13(10)9-18/h4-7,9H,1-3,8H2. The van der Waals surface area contributed by atoms with Crippen molar-refractivity contribution in [3.8, 4) is 0 Å². The Kier molecular flexibility index (Phi) is 3.27. The van der Waals surface area contributed by atoms with Gasteiger partial charge in [-0.25, -0.2) is 4.39 Å². The molecule has 98 valence electrons. The highest BCUT2D eigenvalue weighted by atomic mass is 79.9. The summed E-state index contributed by atoms with van der Waals surface area (Å²) in [5, 5.41) is 0. The fourth-order valence-corrected chi connectivity index (χ4v) is 2.99. The van der Waals surface area contributed by atoms with Crippen molar-refractivity contribution >= 4 is 21.7 Å². The molecule has 2 aromatic rings. The minimum atomic E-state index is -0.252. The van der Waals surface area contributed by atoms with E-state index in [0.717, 1.165) is 34.0 Å². The van der Waals surface area contributed by atoms with Crippen molar-refractivity contribution in [3.05, 3.63) is 57.6 Å². The maximum atomic E-state index is 13.0. The van der Waals surface area contributed by atoms with Gasteiger partial charge in [0.2, 0.25) is 0 Å². The van der Waals surface area contributed by atoms with Crippen LogP contribution in [0.3, 0.4) is 0 Å². The monoisotopic (exact) mass is 321 g/mol. The second-order valence-corrected chi connectivity index (χ2v) is 5.74. The molecule has 0 saturated heterocycles. The molecule has 4 heteroatoms. The van der Waals surface area contributed by atoms with Crippen LogP contribution in [0.15, 0.2) is 35.1 Å². The molecule has 1 aromatic heterocycles. The van der Waals surface area contributed by atoms with Crippen LogP contribution in [0, 0.1) is 5.82 Å². The van der Waals surface area contributed by atoms with E-state index >= 15 is 0 Å². The third-order valence-electron chi connectivity index (χ3n) is 3.48. The molecule has 0 aliphatic heterocycles. The molecule has 0 bridgehead atoms. The molecule has 3 rings (SSSR count). The fourth-order valence-electron chi connectivity index (χ4n) is 2.52. The summed E-state index contributed by atoms with van der Waals surface area (Å²) in [6.45, 7) is 0.640. The maximum Gasteiger partial charge on any atom is 0.164 e. The van der Waals surface area contributed by atoms with Gasteiger partial charge < -0.3 is 4.57 Å². The summed E-state index contributed by atoms with van der Waals surface area (Å²) in [5.41, 5.74) is 2.99. The molecular weight excluding hydrogens is 309 g/mol. The van der Waals surface area contributed by atoms with Gasteiger partial charge in [0, 0.05) is 35.4 Å². The topological polar surface area (TPSA) is 22.0 Å². The summed E-state index contributed by atoms with van der Waals surface area (Å²) in [6.07, 6.45) is 6.50. The number of aryl methyl sites for hydroxylation is 1. The molecule has 1 aliphatic carbocycles. The number of halogens is 2. The van der Waals surface area contributed by atoms with Gasteiger partial charge in [-0.2, -0.15) is 0 Å². The Morgan fingerprint density at radius 1 is 1.26 bits per heavy atom. The molecule has 1 heterocycles. The number of rotatable bonds is 2. The van der Waals surface area contributed by atoms with E-state index in [1.54, 1.807) is 6.07 Å². The van der Waals surface area contributed by atoms with Crippen molar-refractivity contribution in [2.45, 2.75) is 25.8 Å². The summed E-state index contributed by atoms with van der Waals surface area (Å²) >= 11 is 3.37. The van der Waals surface area contributed by atoms with E-state index in [0.29, 0.717) is 13.0 Å². The molecule has 0 saturated carbocycles. The minimum Gasteiger partial charge on any atom is -0.349 e. The molecule has 0 fully saturated rings. The van der Waals surface area contributed by atoms with E-state index in [2.05, 4.69) is 15.9 Å². The number of nitrogens with zero attached hydrogens (tertiary/aromatic N) is 1. The number of ketones is 1. The van der Waals surface area contributed by atoms with Crippen LogP contribution in [0.1, 0.15) is 34.3 Å². The zero-order valence-electron chi connectivity index (χ0n) is 10.3. The number of Topliss-reactive ketones (excluding diaryl/α,β-unsaturated/α-hetero) is 1. The molecule has 0 unspecified atom stereocenters. The van der Waals surface area contributed by atoms with Crippen LogP contribution in [0.25, 0.3) is 0 Å². The fraction of sp³-hybridized carbons (Fsp3) is 0.267. The average Bonchev–Trinajstić information content (AvgIpc) is 2.77. The Hall–Kier alpha value is -1.42. The first-order valence-electron chi connectivity index (χ1n) is 6.29. The first-order valence-corrected chi connectivity index (χ1v) is 7.08. The van der Waals surface area contributed by atoms with Gasteiger partial charge in [-0.3, -0.25) is 4.79 Å². The van der Waals surface area contributed by atoms with Gasteiger partial charge in [0.05, 0.1) is 0 Å². The van der Waals surface area contributed by atoms with Gasteiger partial charge in [0.25, 0.3) is 0 Å². The predicted molar refractivity (Wildman–Crippen MR) is 74.9 cm³/mol. The lowest BCUT2D eigenvalue weighted by atomic mass is 9.95. The summed E-state index contributed by atoms with van der Waals surface area (Å²) in [4.78, 5) is 11.8. The average molecular weight is 322 g/mol. The van der Waals surface area contributed by atoms with E-state index < -0.39 is 0 Å². The molecule has 1 aromatic carbocycles. The number of benzene rings is 1. The molecule has 0 radical (unpaired) electrons. The van der Waals surface area contributed by atoms with Crippen LogP contribution in [0.2, 0.25) is 0 Å². The van der Waals surface area contributed by atoms with E-state index in [-0.39, 0.29) is 11.6 Å². The van der Waals surface area contributed by atoms with Gasteiger partial charge in [-0.15, -0.1) is 0 Å². The summed E-state index contributed by atoms with van der Waals surface area (Å²) < 4.78 is 15.8. The SMILES string of the molecule is O=C1CCCc2cn(Cc3ccc(F)cc3Br)cc21. The highest BCUT2D eigenvalue weighted by molar-refractivity contribution is 9.10. The molecule has 0 spiro atoms. The lowest BCUT2D eigenvalue weighted by Gasteiger charge is -2.07. The van der Waals surface area contributed by atoms with Crippen LogP contribution >= 0.6 is 15.9 Å². The normalized spacial score (nSPS) is 14.5. The van der Waals surface area contributed by atoms with E-state index in [9.17, 15) is 9.18 Å². The van der Waals surface area contributed by atoms with Crippen LogP contribution in [-0.4, -0.2) is 10.4 Å². The third-order valence-corrected chi connectivity index (χ3v) is 4.22. The quantitative estimate of drug-likeness (QED) is 0.820. The zero-order valence-corrected chi connectivity index (χ0v) is 11.9. The van der Waals surface area contributed by atoms with Crippen LogP contribution in [0.5, 0.6) is 0 Å². The lowest BCUT2D eigenvalue weighted by Crippen LogP contribution is -2.07. The van der Waals surface area contributed by atoms with Gasteiger partial charge in [-0.1, -0.05) is 22.0 Å². The largest absolute Gasteiger partial charge is 0.349 e. The van der Waals surface area contributed by atoms with E-state index in [1.807, 2.05) is 17.0 Å². The van der Waals surface area contributed by atoms with Crippen molar-refractivity contribution < 1.29 is 9.18 Å². The molecule has 19 heavy (non-hydrogen) atoms. The van der Waals surface area contributed by atoms with E-state index in [4.69, 9.17) is 0 Å². The molecular formula is C15H13BrFNO. The van der Waals surface area contributed by atoms with Gasteiger partial charge in [0.15, 0.2) is 5.78 Å². The summed E-state index contributed by atoms with van der Waals surface area (Å²) in [6, 6.07) is 4.68. The highest BCUT2D eigenvalue weighted by Crippen LogP contribution is 2.24. The smallest absolute Gasteiger partial charge is 0.164 e. The first-order chi connectivity index (χ1) is 9.13. The molecule has 1 aliphatic rings. The molecule has 0 atom stereocenters. The number of carbonyl (C=O) groups excluding carboxylic acids is 1. The highest BCUT2D eigenvalue weighted by Gasteiger charge is 2.19. The molecule has 0 amide bonds. The maximum absolute atomic E-state index is 13.0. The second-order valence-electron chi connectivity index (χ2n) is 4.88. The van der Waals surface area contributed by atoms with E-state index in [1.165, 1.54) is 12.1 Å². The lowest BCUT2D eigenvalue weighted by molar-refractivity contribution is 0.0973. The van der Waals surface area contributed by atoms with Gasteiger partial charge in [0.1, 0.15) is 5.82 Å². The molecule has 2 nitrogen and oxygen atoms in total.